The van der Waals surface area contributed by atoms with Crippen LogP contribution in [0.3, 0.4) is 0 Å². The topological polar surface area (TPSA) is 26.3 Å². The van der Waals surface area contributed by atoms with E-state index in [0.717, 1.165) is 0 Å². The van der Waals surface area contributed by atoms with Gasteiger partial charge in [-0.05, 0) is 18.2 Å². The molecule has 0 fully saturated rings. The maximum atomic E-state index is 14.4. The third-order valence-electron chi connectivity index (χ3n) is 5.34. The van der Waals surface area contributed by atoms with Gasteiger partial charge in [0.1, 0.15) is 0 Å². The molecule has 1 aromatic carbocycles. The fourth-order valence-corrected chi connectivity index (χ4v) is 4.29. The molecule has 0 saturated carbocycles. The molecule has 27 heavy (non-hydrogen) atoms. The van der Waals surface area contributed by atoms with E-state index in [2.05, 4.69) is 4.52 Å². The van der Waals surface area contributed by atoms with Gasteiger partial charge in [-0.25, -0.2) is 26.5 Å². The van der Waals surface area contributed by atoms with Crippen molar-refractivity contribution in [2.24, 2.45) is 0 Å². The van der Waals surface area contributed by atoms with Crippen LogP contribution in [-0.2, 0) is 14.4 Å². The fourth-order valence-electron chi connectivity index (χ4n) is 3.52. The van der Waals surface area contributed by atoms with Crippen LogP contribution < -0.4 is 0 Å². The van der Waals surface area contributed by atoms with Crippen molar-refractivity contribution in [2.45, 2.75) is 64.2 Å². The Hall–Kier alpha value is -1.02. The summed E-state index contributed by atoms with van der Waals surface area (Å²) in [7, 11) is -6.46. The minimum absolute atomic E-state index is 0.0987. The summed E-state index contributed by atoms with van der Waals surface area (Å²) in [6, 6.07) is 0. The van der Waals surface area contributed by atoms with Crippen LogP contribution in [0, 0.1) is 29.1 Å². The first-order chi connectivity index (χ1) is 12.3. The lowest BCUT2D eigenvalue weighted by Gasteiger charge is -2.41. The minimum atomic E-state index is -5.97. The average molecular weight is 420 g/mol. The molecule has 1 aromatic rings. The van der Waals surface area contributed by atoms with Crippen molar-refractivity contribution < 1.29 is 39.4 Å². The van der Waals surface area contributed by atoms with Gasteiger partial charge in [-0.1, -0.05) is 40.5 Å². The van der Waals surface area contributed by atoms with Gasteiger partial charge in [-0.3, -0.25) is 4.52 Å². The SMILES string of the molecule is CCC(BC(CC)(CC)c1c(F)c(F)c(F)c(F)c1F)(CC)OP(=O)(F)F. The van der Waals surface area contributed by atoms with E-state index in [0.29, 0.717) is 0 Å². The Balaban J connectivity index is 3.71. The number of rotatable bonds is 9. The molecule has 2 nitrogen and oxygen atoms in total. The normalized spacial score (nSPS) is 13.1. The minimum Gasteiger partial charge on any atom is -0.283 e. The second kappa shape index (κ2) is 8.56. The van der Waals surface area contributed by atoms with Crippen molar-refractivity contribution in [1.29, 1.82) is 0 Å². The second-order valence-electron chi connectivity index (χ2n) is 6.50. The van der Waals surface area contributed by atoms with Crippen LogP contribution in [0.1, 0.15) is 58.9 Å². The highest BCUT2D eigenvalue weighted by Crippen LogP contribution is 2.55. The van der Waals surface area contributed by atoms with Gasteiger partial charge in [0, 0.05) is 5.56 Å². The van der Waals surface area contributed by atoms with E-state index in [4.69, 9.17) is 0 Å². The van der Waals surface area contributed by atoms with Crippen LogP contribution in [0.2, 0.25) is 0 Å². The molecule has 0 unspecified atom stereocenters. The molecule has 0 saturated heterocycles. The van der Waals surface area contributed by atoms with Crippen LogP contribution in [0.15, 0.2) is 0 Å². The summed E-state index contributed by atoms with van der Waals surface area (Å²) in [6.45, 7) is 5.80. The maximum Gasteiger partial charge on any atom is 0.551 e. The third-order valence-corrected chi connectivity index (χ3v) is 5.94. The molecule has 0 bridgehead atoms. The summed E-state index contributed by atoms with van der Waals surface area (Å²) < 4.78 is 111. The van der Waals surface area contributed by atoms with Crippen molar-refractivity contribution in [3.63, 3.8) is 0 Å². The predicted molar refractivity (Wildman–Crippen MR) is 89.9 cm³/mol. The molecule has 154 valence electrons. The number of benzene rings is 1. The number of hydrogen-bond acceptors (Lipinski definition) is 2. The lowest BCUT2D eigenvalue weighted by molar-refractivity contribution is 0.114. The summed E-state index contributed by atoms with van der Waals surface area (Å²) in [5.74, 6) is -10.5. The van der Waals surface area contributed by atoms with Crippen LogP contribution in [-0.4, -0.2) is 12.8 Å². The molecule has 0 aliphatic carbocycles. The first-order valence-corrected chi connectivity index (χ1v) is 9.96. The smallest absolute Gasteiger partial charge is 0.283 e. The van der Waals surface area contributed by atoms with Gasteiger partial charge in [-0.2, -0.15) is 0 Å². The Bertz CT molecular complexity index is 701. The molecule has 0 spiro atoms. The van der Waals surface area contributed by atoms with Crippen LogP contribution >= 0.6 is 7.99 Å². The van der Waals surface area contributed by atoms with E-state index in [9.17, 15) is 34.9 Å². The lowest BCUT2D eigenvalue weighted by Crippen LogP contribution is -2.50. The van der Waals surface area contributed by atoms with Gasteiger partial charge in [0.05, 0.1) is 5.50 Å². The average Bonchev–Trinajstić information content (AvgIpc) is 2.62. The summed E-state index contributed by atoms with van der Waals surface area (Å²) in [4.78, 5) is 0. The Morgan fingerprint density at radius 2 is 1.15 bits per heavy atom. The zero-order valence-corrected chi connectivity index (χ0v) is 16.3. The van der Waals surface area contributed by atoms with E-state index in [1.807, 2.05) is 0 Å². The van der Waals surface area contributed by atoms with Gasteiger partial charge in [0.15, 0.2) is 30.5 Å². The standard InChI is InChI=1S/C16H21BF7O2P/c1-5-15(6-2,17-16(7-3,8-4)26-27(23,24)25)9-10(18)12(20)14(22)13(21)11(9)19/h17H,5-8H2,1-4H3. The maximum absolute atomic E-state index is 14.4. The molecular weight excluding hydrogens is 399 g/mol. The number of hydrogen-bond donors (Lipinski definition) is 0. The lowest BCUT2D eigenvalue weighted by atomic mass is 9.38. The van der Waals surface area contributed by atoms with Gasteiger partial charge < -0.3 is 0 Å². The van der Waals surface area contributed by atoms with Gasteiger partial charge in [-0.15, -0.1) is 8.39 Å². The monoisotopic (exact) mass is 420 g/mol. The Morgan fingerprint density at radius 3 is 1.44 bits per heavy atom. The predicted octanol–water partition coefficient (Wildman–Crippen LogP) is 6.41. The van der Waals surface area contributed by atoms with E-state index in [-0.39, 0.29) is 25.7 Å². The summed E-state index contributed by atoms with van der Waals surface area (Å²) in [5.41, 5.74) is -2.82. The molecule has 0 radical (unpaired) electrons. The Labute approximate surface area is 154 Å². The molecule has 0 N–H and O–H groups in total. The highest BCUT2D eigenvalue weighted by atomic mass is 31.2. The Kier molecular flexibility index (Phi) is 7.61. The summed E-state index contributed by atoms with van der Waals surface area (Å²) >= 11 is 0. The molecule has 0 atom stereocenters. The second-order valence-corrected chi connectivity index (χ2v) is 7.52. The Morgan fingerprint density at radius 1 is 0.778 bits per heavy atom. The van der Waals surface area contributed by atoms with Crippen molar-refractivity contribution in [1.82, 2.24) is 0 Å². The molecule has 0 amide bonds. The van der Waals surface area contributed by atoms with Crippen molar-refractivity contribution >= 4 is 15.3 Å². The van der Waals surface area contributed by atoms with Crippen LogP contribution in [0.5, 0.6) is 0 Å². The highest BCUT2D eigenvalue weighted by molar-refractivity contribution is 7.47. The molecule has 0 heterocycles. The van der Waals surface area contributed by atoms with Gasteiger partial charge >= 0.3 is 7.99 Å². The van der Waals surface area contributed by atoms with E-state index >= 15 is 0 Å². The molecule has 1 rings (SSSR count). The van der Waals surface area contributed by atoms with Crippen molar-refractivity contribution in [3.8, 4) is 0 Å². The largest absolute Gasteiger partial charge is 0.551 e. The molecule has 0 aliphatic heterocycles. The molecule has 0 aliphatic rings. The van der Waals surface area contributed by atoms with Gasteiger partial charge in [0.25, 0.3) is 0 Å². The first kappa shape index (κ1) is 24.0. The van der Waals surface area contributed by atoms with Crippen molar-refractivity contribution in [3.05, 3.63) is 34.6 Å². The molecular formula is C16H21BF7O2P. The van der Waals surface area contributed by atoms with E-state index in [1.165, 1.54) is 27.7 Å². The molecule has 11 heteroatoms. The fraction of sp³-hybridized carbons (Fsp3) is 0.625. The van der Waals surface area contributed by atoms with E-state index < -0.39 is 60.7 Å². The highest BCUT2D eigenvalue weighted by Gasteiger charge is 2.48. The quantitative estimate of drug-likeness (QED) is 0.152. The van der Waals surface area contributed by atoms with Crippen LogP contribution in [0.25, 0.3) is 0 Å². The van der Waals surface area contributed by atoms with Crippen molar-refractivity contribution in [2.75, 3.05) is 0 Å². The first-order valence-electron chi connectivity index (χ1n) is 8.55. The number of halogens is 7. The molecule has 0 aromatic heterocycles. The van der Waals surface area contributed by atoms with Gasteiger partial charge in [0.2, 0.25) is 5.82 Å². The zero-order chi connectivity index (χ0) is 21.2. The summed E-state index contributed by atoms with van der Waals surface area (Å²) in [5, 5.41) is -1.69. The van der Waals surface area contributed by atoms with Crippen LogP contribution in [0.4, 0.5) is 30.3 Å². The van der Waals surface area contributed by atoms with E-state index in [1.54, 1.807) is 0 Å². The summed E-state index contributed by atoms with van der Waals surface area (Å²) in [6.07, 6.45) is -0.428. The zero-order valence-electron chi connectivity index (χ0n) is 15.4. The third kappa shape index (κ3) is 4.70.